The molecule has 0 saturated carbocycles. The van der Waals surface area contributed by atoms with E-state index in [0.29, 0.717) is 5.56 Å². The van der Waals surface area contributed by atoms with Crippen molar-refractivity contribution in [1.29, 1.82) is 0 Å². The molecule has 1 N–H and O–H groups in total. The number of rotatable bonds is 3. The van der Waals surface area contributed by atoms with Gasteiger partial charge < -0.3 is 4.74 Å². The molecule has 1 aliphatic rings. The normalized spacial score (nSPS) is 17.4. The standard InChI is InChI=1S/C12H13Cl2NO4S/c1-7-3-4-8(13)10(9(7)14)20(17,18)15-11(16)12(2)5-19-6-12/h3-4H,5-6H2,1-2H3,(H,15,16). The van der Waals surface area contributed by atoms with Crippen LogP contribution in [0.4, 0.5) is 0 Å². The van der Waals surface area contributed by atoms with Gasteiger partial charge in [0, 0.05) is 0 Å². The number of hydrogen-bond donors (Lipinski definition) is 1. The summed E-state index contributed by atoms with van der Waals surface area (Å²) in [5.41, 5.74) is -0.280. The molecule has 1 aromatic rings. The molecule has 2 rings (SSSR count). The lowest BCUT2D eigenvalue weighted by atomic mass is 9.88. The molecule has 0 radical (unpaired) electrons. The lowest BCUT2D eigenvalue weighted by molar-refractivity contribution is -0.155. The van der Waals surface area contributed by atoms with Gasteiger partial charge in [0.15, 0.2) is 0 Å². The first kappa shape index (κ1) is 15.6. The van der Waals surface area contributed by atoms with Crippen molar-refractivity contribution in [3.8, 4) is 0 Å². The summed E-state index contributed by atoms with van der Waals surface area (Å²) in [5, 5.41) is -0.0243. The van der Waals surface area contributed by atoms with Crippen molar-refractivity contribution in [2.24, 2.45) is 5.41 Å². The Labute approximate surface area is 127 Å². The molecular formula is C12H13Cl2NO4S. The molecule has 0 bridgehead atoms. The predicted octanol–water partition coefficient (Wildman–Crippen LogP) is 2.14. The third kappa shape index (κ3) is 2.65. The smallest absolute Gasteiger partial charge is 0.267 e. The number of nitrogens with one attached hydrogen (secondary N) is 1. The average molecular weight is 338 g/mol. The maximum Gasteiger partial charge on any atom is 0.267 e. The van der Waals surface area contributed by atoms with E-state index in [2.05, 4.69) is 0 Å². The van der Waals surface area contributed by atoms with Crippen LogP contribution < -0.4 is 4.72 Å². The highest BCUT2D eigenvalue weighted by atomic mass is 35.5. The number of carbonyl (C=O) groups excluding carboxylic acids is 1. The summed E-state index contributed by atoms with van der Waals surface area (Å²) in [6.07, 6.45) is 0. The van der Waals surface area contributed by atoms with Crippen molar-refractivity contribution in [3.05, 3.63) is 27.7 Å². The molecule has 0 unspecified atom stereocenters. The number of hydrogen-bond acceptors (Lipinski definition) is 4. The van der Waals surface area contributed by atoms with Gasteiger partial charge in [0.05, 0.1) is 28.7 Å². The van der Waals surface area contributed by atoms with Gasteiger partial charge in [0.1, 0.15) is 4.90 Å². The van der Waals surface area contributed by atoms with Gasteiger partial charge >= 0.3 is 0 Å². The van der Waals surface area contributed by atoms with Gasteiger partial charge in [-0.05, 0) is 25.5 Å². The first-order chi connectivity index (χ1) is 9.17. The summed E-state index contributed by atoms with van der Waals surface area (Å²) in [5.74, 6) is -0.627. The molecule has 0 spiro atoms. The Kier molecular flexibility index (Phi) is 4.03. The zero-order valence-corrected chi connectivity index (χ0v) is 13.2. The fourth-order valence-electron chi connectivity index (χ4n) is 1.71. The molecule has 1 amide bonds. The van der Waals surface area contributed by atoms with E-state index in [1.807, 2.05) is 4.72 Å². The van der Waals surface area contributed by atoms with Crippen molar-refractivity contribution in [3.63, 3.8) is 0 Å². The second-order valence-electron chi connectivity index (χ2n) is 5.00. The Morgan fingerprint density at radius 3 is 2.45 bits per heavy atom. The van der Waals surface area contributed by atoms with E-state index in [9.17, 15) is 13.2 Å². The molecule has 1 aromatic carbocycles. The zero-order chi connectivity index (χ0) is 15.1. The minimum Gasteiger partial charge on any atom is -0.379 e. The molecule has 20 heavy (non-hydrogen) atoms. The number of benzene rings is 1. The molecule has 1 fully saturated rings. The number of aryl methyl sites for hydroxylation is 1. The topological polar surface area (TPSA) is 72.5 Å². The zero-order valence-electron chi connectivity index (χ0n) is 10.9. The van der Waals surface area contributed by atoms with Crippen molar-refractivity contribution in [2.45, 2.75) is 18.7 Å². The van der Waals surface area contributed by atoms with E-state index in [1.54, 1.807) is 19.9 Å². The van der Waals surface area contributed by atoms with Gasteiger partial charge in [0.25, 0.3) is 10.0 Å². The van der Waals surface area contributed by atoms with Crippen molar-refractivity contribution in [2.75, 3.05) is 13.2 Å². The maximum absolute atomic E-state index is 12.3. The molecule has 0 aliphatic carbocycles. The van der Waals surface area contributed by atoms with Crippen LogP contribution in [0.3, 0.4) is 0 Å². The Morgan fingerprint density at radius 1 is 1.35 bits per heavy atom. The minimum atomic E-state index is -4.12. The molecule has 0 aromatic heterocycles. The summed E-state index contributed by atoms with van der Waals surface area (Å²) < 4.78 is 31.5. The van der Waals surface area contributed by atoms with Gasteiger partial charge in [-0.2, -0.15) is 0 Å². The van der Waals surface area contributed by atoms with Crippen LogP contribution in [0.15, 0.2) is 17.0 Å². The lowest BCUT2D eigenvalue weighted by Crippen LogP contribution is -2.53. The third-order valence-electron chi connectivity index (χ3n) is 3.13. The molecular weight excluding hydrogens is 325 g/mol. The monoisotopic (exact) mass is 337 g/mol. The molecule has 0 atom stereocenters. The van der Waals surface area contributed by atoms with Crippen LogP contribution in [0.5, 0.6) is 0 Å². The quantitative estimate of drug-likeness (QED) is 0.917. The van der Waals surface area contributed by atoms with E-state index in [4.69, 9.17) is 27.9 Å². The van der Waals surface area contributed by atoms with Gasteiger partial charge in [0.2, 0.25) is 5.91 Å². The highest BCUT2D eigenvalue weighted by Gasteiger charge is 2.43. The number of sulfonamides is 1. The first-order valence-corrected chi connectivity index (χ1v) is 8.01. The van der Waals surface area contributed by atoms with Crippen LogP contribution in [0, 0.1) is 12.3 Å². The Morgan fingerprint density at radius 2 is 1.95 bits per heavy atom. The van der Waals surface area contributed by atoms with E-state index < -0.39 is 21.3 Å². The third-order valence-corrected chi connectivity index (χ3v) is 5.57. The number of halogens is 2. The molecule has 5 nitrogen and oxygen atoms in total. The van der Waals surface area contributed by atoms with E-state index in [0.717, 1.165) is 0 Å². The summed E-state index contributed by atoms with van der Waals surface area (Å²) >= 11 is 11.9. The summed E-state index contributed by atoms with van der Waals surface area (Å²) in [4.78, 5) is 11.7. The minimum absolute atomic E-state index is 0.00723. The Bertz CT molecular complexity index is 668. The number of amides is 1. The van der Waals surface area contributed by atoms with E-state index >= 15 is 0 Å². The first-order valence-electron chi connectivity index (χ1n) is 5.77. The van der Waals surface area contributed by atoms with Crippen LogP contribution in [-0.4, -0.2) is 27.5 Å². The Balaban J connectivity index is 2.37. The van der Waals surface area contributed by atoms with Gasteiger partial charge in [-0.1, -0.05) is 29.3 Å². The summed E-state index contributed by atoms with van der Waals surface area (Å²) in [6, 6.07) is 3.03. The highest BCUT2D eigenvalue weighted by Crippen LogP contribution is 2.33. The summed E-state index contributed by atoms with van der Waals surface area (Å²) in [6.45, 7) is 3.65. The van der Waals surface area contributed by atoms with Crippen LogP contribution in [-0.2, 0) is 19.6 Å². The van der Waals surface area contributed by atoms with Gasteiger partial charge in [-0.3, -0.25) is 4.79 Å². The maximum atomic E-state index is 12.3. The van der Waals surface area contributed by atoms with Crippen molar-refractivity contribution < 1.29 is 17.9 Å². The fraction of sp³-hybridized carbons (Fsp3) is 0.417. The van der Waals surface area contributed by atoms with Crippen molar-refractivity contribution >= 4 is 39.1 Å². The highest BCUT2D eigenvalue weighted by molar-refractivity contribution is 7.90. The largest absolute Gasteiger partial charge is 0.379 e. The average Bonchev–Trinajstić information content (AvgIpc) is 2.30. The van der Waals surface area contributed by atoms with E-state index in [1.165, 1.54) is 6.07 Å². The molecule has 110 valence electrons. The second-order valence-corrected chi connectivity index (χ2v) is 7.40. The van der Waals surface area contributed by atoms with Crippen molar-refractivity contribution in [1.82, 2.24) is 4.72 Å². The van der Waals surface area contributed by atoms with E-state index in [-0.39, 0.29) is 28.2 Å². The van der Waals surface area contributed by atoms with Crippen LogP contribution in [0.25, 0.3) is 0 Å². The fourth-order valence-corrected chi connectivity index (χ4v) is 4.01. The molecule has 1 saturated heterocycles. The van der Waals surface area contributed by atoms with Gasteiger partial charge in [-0.15, -0.1) is 0 Å². The predicted molar refractivity (Wildman–Crippen MR) is 75.5 cm³/mol. The summed E-state index contributed by atoms with van der Waals surface area (Å²) in [7, 11) is -4.12. The molecule has 8 heteroatoms. The molecule has 1 heterocycles. The van der Waals surface area contributed by atoms with Crippen LogP contribution >= 0.6 is 23.2 Å². The SMILES string of the molecule is Cc1ccc(Cl)c(S(=O)(=O)NC(=O)C2(C)COC2)c1Cl. The second kappa shape index (κ2) is 5.18. The lowest BCUT2D eigenvalue weighted by Gasteiger charge is -2.36. The number of ether oxygens (including phenoxy) is 1. The van der Waals surface area contributed by atoms with Crippen LogP contribution in [0.1, 0.15) is 12.5 Å². The molecule has 1 aliphatic heterocycles. The van der Waals surface area contributed by atoms with Crippen LogP contribution in [0.2, 0.25) is 10.0 Å². The number of carbonyl (C=O) groups is 1. The van der Waals surface area contributed by atoms with Gasteiger partial charge in [-0.25, -0.2) is 13.1 Å². The Hall–Kier alpha value is -0.820.